The number of carbonyl (C=O) groups is 1. The summed E-state index contributed by atoms with van der Waals surface area (Å²) in [6.45, 7) is 6.89. The van der Waals surface area contributed by atoms with Gasteiger partial charge in [-0.25, -0.2) is 0 Å². The molecule has 1 aliphatic heterocycles. The topological polar surface area (TPSA) is 38.8 Å². The van der Waals surface area contributed by atoms with E-state index in [-0.39, 0.29) is 12.0 Å². The van der Waals surface area contributed by atoms with Gasteiger partial charge in [-0.3, -0.25) is 9.69 Å². The molecule has 0 bridgehead atoms. The second kappa shape index (κ2) is 6.86. The van der Waals surface area contributed by atoms with Gasteiger partial charge in [0.15, 0.2) is 0 Å². The van der Waals surface area contributed by atoms with E-state index in [0.717, 1.165) is 39.0 Å². The predicted octanol–water partition coefficient (Wildman–Crippen LogP) is 1.44. The predicted molar refractivity (Wildman–Crippen MR) is 62.3 cm³/mol. The van der Waals surface area contributed by atoms with Crippen molar-refractivity contribution in [3.05, 3.63) is 0 Å². The number of likely N-dealkylation sites (tertiary alicyclic amines) is 1. The van der Waals surface area contributed by atoms with Crippen LogP contribution in [-0.2, 0) is 14.3 Å². The molecule has 0 radical (unpaired) electrons. The van der Waals surface area contributed by atoms with Gasteiger partial charge in [0, 0.05) is 13.2 Å². The molecule has 4 heteroatoms. The fraction of sp³-hybridized carbons (Fsp3) is 0.917. The Bertz CT molecular complexity index is 218. The Hall–Kier alpha value is -0.610. The molecule has 94 valence electrons. The third-order valence-corrected chi connectivity index (χ3v) is 2.89. The second-order valence-corrected chi connectivity index (χ2v) is 4.49. The zero-order chi connectivity index (χ0) is 12.0. The number of esters is 1. The van der Waals surface area contributed by atoms with Crippen molar-refractivity contribution in [2.24, 2.45) is 0 Å². The van der Waals surface area contributed by atoms with Crippen LogP contribution >= 0.6 is 0 Å². The first-order valence-corrected chi connectivity index (χ1v) is 6.08. The molecule has 0 amide bonds. The van der Waals surface area contributed by atoms with Gasteiger partial charge < -0.3 is 9.47 Å². The molecule has 0 aromatic rings. The first-order chi connectivity index (χ1) is 7.65. The van der Waals surface area contributed by atoms with Gasteiger partial charge in [0.2, 0.25) is 0 Å². The maximum atomic E-state index is 11.3. The number of rotatable bonds is 7. The second-order valence-electron chi connectivity index (χ2n) is 4.49. The van der Waals surface area contributed by atoms with Crippen molar-refractivity contribution in [1.82, 2.24) is 4.90 Å². The van der Waals surface area contributed by atoms with Gasteiger partial charge in [-0.1, -0.05) is 0 Å². The maximum Gasteiger partial charge on any atom is 0.323 e. The Morgan fingerprint density at radius 2 is 2.19 bits per heavy atom. The fourth-order valence-corrected chi connectivity index (χ4v) is 1.85. The molecule has 0 N–H and O–H groups in total. The van der Waals surface area contributed by atoms with Crippen LogP contribution in [0, 0.1) is 0 Å². The number of hydrogen-bond donors (Lipinski definition) is 0. The number of unbranched alkanes of at least 4 members (excludes halogenated alkanes) is 1. The van der Waals surface area contributed by atoms with Crippen molar-refractivity contribution in [1.29, 1.82) is 0 Å². The lowest BCUT2D eigenvalue weighted by molar-refractivity contribution is -0.151. The lowest BCUT2D eigenvalue weighted by Gasteiger charge is -2.38. The molecule has 0 saturated carbocycles. The van der Waals surface area contributed by atoms with Gasteiger partial charge in [-0.15, -0.1) is 0 Å². The van der Waals surface area contributed by atoms with E-state index in [2.05, 4.69) is 4.90 Å². The number of methoxy groups -OCH3 is 1. The van der Waals surface area contributed by atoms with Gasteiger partial charge >= 0.3 is 5.97 Å². The SMILES string of the molecule is COC(=O)C1CCN1CCCCOC(C)C. The van der Waals surface area contributed by atoms with Gasteiger partial charge in [0.25, 0.3) is 0 Å². The van der Waals surface area contributed by atoms with Gasteiger partial charge in [0.1, 0.15) is 6.04 Å². The minimum atomic E-state index is -0.0929. The summed E-state index contributed by atoms with van der Waals surface area (Å²) in [4.78, 5) is 13.5. The largest absolute Gasteiger partial charge is 0.468 e. The molecule has 1 fully saturated rings. The van der Waals surface area contributed by atoms with E-state index in [1.54, 1.807) is 0 Å². The summed E-state index contributed by atoms with van der Waals surface area (Å²) in [5, 5.41) is 0. The molecule has 0 spiro atoms. The van der Waals surface area contributed by atoms with Crippen LogP contribution in [0.2, 0.25) is 0 Å². The molecular weight excluding hydrogens is 206 g/mol. The standard InChI is InChI=1S/C12H23NO3/c1-10(2)16-9-5-4-7-13-8-6-11(13)12(14)15-3/h10-11H,4-9H2,1-3H3. The highest BCUT2D eigenvalue weighted by Gasteiger charge is 2.34. The fourth-order valence-electron chi connectivity index (χ4n) is 1.85. The minimum Gasteiger partial charge on any atom is -0.468 e. The third-order valence-electron chi connectivity index (χ3n) is 2.89. The highest BCUT2D eigenvalue weighted by molar-refractivity contribution is 5.76. The molecule has 16 heavy (non-hydrogen) atoms. The maximum absolute atomic E-state index is 11.3. The van der Waals surface area contributed by atoms with E-state index < -0.39 is 0 Å². The molecule has 1 atom stereocenters. The van der Waals surface area contributed by atoms with Crippen molar-refractivity contribution in [3.63, 3.8) is 0 Å². The van der Waals surface area contributed by atoms with Crippen molar-refractivity contribution in [3.8, 4) is 0 Å². The molecule has 1 aliphatic rings. The van der Waals surface area contributed by atoms with Gasteiger partial charge in [0.05, 0.1) is 13.2 Å². The van der Waals surface area contributed by atoms with E-state index in [4.69, 9.17) is 9.47 Å². The zero-order valence-electron chi connectivity index (χ0n) is 10.6. The molecule has 0 aromatic carbocycles. The Balaban J connectivity index is 2.03. The quantitative estimate of drug-likeness (QED) is 0.489. The average molecular weight is 229 g/mol. The molecule has 1 unspecified atom stereocenters. The van der Waals surface area contributed by atoms with E-state index in [1.165, 1.54) is 7.11 Å². The van der Waals surface area contributed by atoms with Crippen LogP contribution in [0.1, 0.15) is 33.1 Å². The Morgan fingerprint density at radius 1 is 1.44 bits per heavy atom. The van der Waals surface area contributed by atoms with Gasteiger partial charge in [-0.2, -0.15) is 0 Å². The Labute approximate surface area is 97.9 Å². The number of ether oxygens (including phenoxy) is 2. The summed E-state index contributed by atoms with van der Waals surface area (Å²) in [5.74, 6) is -0.0929. The Morgan fingerprint density at radius 3 is 2.69 bits per heavy atom. The smallest absolute Gasteiger partial charge is 0.323 e. The van der Waals surface area contributed by atoms with Crippen molar-refractivity contribution in [2.45, 2.75) is 45.3 Å². The number of nitrogens with zero attached hydrogens (tertiary/aromatic N) is 1. The normalized spacial score (nSPS) is 20.9. The van der Waals surface area contributed by atoms with E-state index >= 15 is 0 Å². The average Bonchev–Trinajstić information content (AvgIpc) is 2.20. The summed E-state index contributed by atoms with van der Waals surface area (Å²) in [6, 6.07) is 0.0102. The van der Waals surface area contributed by atoms with Gasteiger partial charge in [-0.05, 0) is 39.7 Å². The first-order valence-electron chi connectivity index (χ1n) is 6.08. The van der Waals surface area contributed by atoms with E-state index in [9.17, 15) is 4.79 Å². The summed E-state index contributed by atoms with van der Waals surface area (Å²) < 4.78 is 10.2. The first kappa shape index (κ1) is 13.5. The molecule has 1 rings (SSSR count). The summed E-state index contributed by atoms with van der Waals surface area (Å²) in [5.41, 5.74) is 0. The highest BCUT2D eigenvalue weighted by Crippen LogP contribution is 2.18. The van der Waals surface area contributed by atoms with Crippen LogP contribution in [0.15, 0.2) is 0 Å². The van der Waals surface area contributed by atoms with Crippen molar-refractivity contribution in [2.75, 3.05) is 26.8 Å². The van der Waals surface area contributed by atoms with E-state index in [1.807, 2.05) is 13.8 Å². The Kier molecular flexibility index (Phi) is 5.77. The molecule has 0 aliphatic carbocycles. The minimum absolute atomic E-state index is 0.0102. The van der Waals surface area contributed by atoms with Crippen LogP contribution in [0.3, 0.4) is 0 Å². The zero-order valence-corrected chi connectivity index (χ0v) is 10.6. The highest BCUT2D eigenvalue weighted by atomic mass is 16.5. The number of hydrogen-bond acceptors (Lipinski definition) is 4. The molecule has 1 heterocycles. The molecule has 4 nitrogen and oxygen atoms in total. The lowest BCUT2D eigenvalue weighted by Crippen LogP contribution is -2.52. The van der Waals surface area contributed by atoms with Crippen LogP contribution in [-0.4, -0.2) is 49.8 Å². The molecular formula is C12H23NO3. The summed E-state index contributed by atoms with van der Waals surface area (Å²) in [6.07, 6.45) is 3.39. The molecule has 0 aromatic heterocycles. The monoisotopic (exact) mass is 229 g/mol. The third kappa shape index (κ3) is 4.10. The lowest BCUT2D eigenvalue weighted by atomic mass is 10.0. The van der Waals surface area contributed by atoms with Crippen molar-refractivity contribution >= 4 is 5.97 Å². The van der Waals surface area contributed by atoms with Crippen LogP contribution in [0.4, 0.5) is 0 Å². The van der Waals surface area contributed by atoms with E-state index in [0.29, 0.717) is 6.10 Å². The van der Waals surface area contributed by atoms with Crippen LogP contribution < -0.4 is 0 Å². The summed E-state index contributed by atoms with van der Waals surface area (Å²) >= 11 is 0. The van der Waals surface area contributed by atoms with Crippen molar-refractivity contribution < 1.29 is 14.3 Å². The summed E-state index contributed by atoms with van der Waals surface area (Å²) in [7, 11) is 1.45. The molecule has 1 saturated heterocycles. The van der Waals surface area contributed by atoms with Crippen LogP contribution in [0.5, 0.6) is 0 Å². The van der Waals surface area contributed by atoms with Crippen LogP contribution in [0.25, 0.3) is 0 Å². The number of carbonyl (C=O) groups excluding carboxylic acids is 1.